The largest absolute Gasteiger partial charge is 0.317 e. The fourth-order valence-corrected chi connectivity index (χ4v) is 1.40. The molecule has 0 aromatic carbocycles. The van der Waals surface area contributed by atoms with Crippen LogP contribution in [0.4, 0.5) is 0 Å². The second kappa shape index (κ2) is 9.47. The first kappa shape index (κ1) is 13.9. The maximum atomic E-state index is 3.36. The van der Waals surface area contributed by atoms with Crippen molar-refractivity contribution in [2.75, 3.05) is 26.7 Å². The van der Waals surface area contributed by atoms with Crippen LogP contribution in [0.15, 0.2) is 0 Å². The number of hydrogen-bond acceptors (Lipinski definition) is 2. The van der Waals surface area contributed by atoms with Crippen LogP contribution >= 0.6 is 0 Å². The van der Waals surface area contributed by atoms with E-state index in [0.717, 1.165) is 6.54 Å². The van der Waals surface area contributed by atoms with Crippen LogP contribution in [0.3, 0.4) is 0 Å². The van der Waals surface area contributed by atoms with E-state index in [-0.39, 0.29) is 0 Å². The van der Waals surface area contributed by atoms with Gasteiger partial charge >= 0.3 is 0 Å². The number of unbranched alkanes of at least 4 members (excludes halogenated alkanes) is 3. The van der Waals surface area contributed by atoms with Crippen LogP contribution in [0, 0.1) is 0 Å². The second-order valence-corrected chi connectivity index (χ2v) is 4.34. The van der Waals surface area contributed by atoms with Gasteiger partial charge in [0.2, 0.25) is 0 Å². The van der Waals surface area contributed by atoms with Gasteiger partial charge in [0.1, 0.15) is 0 Å². The van der Waals surface area contributed by atoms with Gasteiger partial charge in [0.15, 0.2) is 0 Å². The van der Waals surface area contributed by atoms with Crippen LogP contribution in [-0.4, -0.2) is 37.6 Å². The third kappa shape index (κ3) is 8.52. The van der Waals surface area contributed by atoms with Gasteiger partial charge in [-0.15, -0.1) is 0 Å². The zero-order valence-electron chi connectivity index (χ0n) is 10.5. The third-order valence-corrected chi connectivity index (χ3v) is 2.75. The van der Waals surface area contributed by atoms with E-state index >= 15 is 0 Å². The normalized spacial score (nSPS) is 11.6. The maximum absolute atomic E-state index is 3.36. The van der Waals surface area contributed by atoms with Gasteiger partial charge in [-0.2, -0.15) is 0 Å². The van der Waals surface area contributed by atoms with E-state index in [1.54, 1.807) is 0 Å². The van der Waals surface area contributed by atoms with Gasteiger partial charge in [-0.05, 0) is 53.4 Å². The maximum Gasteiger partial charge on any atom is 0.00355 e. The molecular weight excluding hydrogens is 172 g/mol. The Morgan fingerprint density at radius 1 is 1.07 bits per heavy atom. The van der Waals surface area contributed by atoms with Crippen LogP contribution in [0.2, 0.25) is 0 Å². The lowest BCUT2D eigenvalue weighted by atomic mass is 10.2. The third-order valence-electron chi connectivity index (χ3n) is 2.75. The van der Waals surface area contributed by atoms with E-state index < -0.39 is 0 Å². The quantitative estimate of drug-likeness (QED) is 0.575. The van der Waals surface area contributed by atoms with Crippen molar-refractivity contribution in [1.29, 1.82) is 0 Å². The molecule has 0 aliphatic rings. The standard InChI is InChI=1S/C12H28N2/c1-5-13-10-8-6-7-9-11-14(4)12(2)3/h12-13H,5-11H2,1-4H3. The molecule has 0 bridgehead atoms. The van der Waals surface area contributed by atoms with Crippen LogP contribution < -0.4 is 5.32 Å². The van der Waals surface area contributed by atoms with Gasteiger partial charge in [0.25, 0.3) is 0 Å². The summed E-state index contributed by atoms with van der Waals surface area (Å²) in [4.78, 5) is 2.42. The summed E-state index contributed by atoms with van der Waals surface area (Å²) in [6.45, 7) is 10.2. The van der Waals surface area contributed by atoms with Crippen molar-refractivity contribution in [2.24, 2.45) is 0 Å². The highest BCUT2D eigenvalue weighted by Gasteiger charge is 2.01. The molecule has 0 amide bonds. The zero-order valence-corrected chi connectivity index (χ0v) is 10.5. The summed E-state index contributed by atoms with van der Waals surface area (Å²) < 4.78 is 0. The molecule has 0 spiro atoms. The van der Waals surface area contributed by atoms with Gasteiger partial charge in [-0.1, -0.05) is 19.8 Å². The number of nitrogens with zero attached hydrogens (tertiary/aromatic N) is 1. The molecule has 86 valence electrons. The predicted octanol–water partition coefficient (Wildman–Crippen LogP) is 2.50. The molecule has 0 fully saturated rings. The highest BCUT2D eigenvalue weighted by Crippen LogP contribution is 2.02. The average Bonchev–Trinajstić information content (AvgIpc) is 2.16. The summed E-state index contributed by atoms with van der Waals surface area (Å²) in [5.74, 6) is 0. The summed E-state index contributed by atoms with van der Waals surface area (Å²) in [5.41, 5.74) is 0. The monoisotopic (exact) mass is 200 g/mol. The smallest absolute Gasteiger partial charge is 0.00355 e. The first-order valence-electron chi connectivity index (χ1n) is 6.09. The molecule has 14 heavy (non-hydrogen) atoms. The summed E-state index contributed by atoms with van der Waals surface area (Å²) >= 11 is 0. The minimum atomic E-state index is 0.691. The molecule has 0 radical (unpaired) electrons. The topological polar surface area (TPSA) is 15.3 Å². The Labute approximate surface area is 90.1 Å². The second-order valence-electron chi connectivity index (χ2n) is 4.34. The van der Waals surface area contributed by atoms with Crippen molar-refractivity contribution in [1.82, 2.24) is 10.2 Å². The Balaban J connectivity index is 3.06. The molecule has 0 heterocycles. The number of rotatable bonds is 9. The highest BCUT2D eigenvalue weighted by atomic mass is 15.1. The zero-order chi connectivity index (χ0) is 10.8. The van der Waals surface area contributed by atoms with Crippen molar-refractivity contribution in [3.63, 3.8) is 0 Å². The lowest BCUT2D eigenvalue weighted by molar-refractivity contribution is 0.267. The number of hydrogen-bond donors (Lipinski definition) is 1. The van der Waals surface area contributed by atoms with E-state index in [1.165, 1.54) is 38.8 Å². The summed E-state index contributed by atoms with van der Waals surface area (Å²) in [6, 6.07) is 0.691. The highest BCUT2D eigenvalue weighted by molar-refractivity contribution is 4.57. The van der Waals surface area contributed by atoms with E-state index in [4.69, 9.17) is 0 Å². The SMILES string of the molecule is CCNCCCCCCN(C)C(C)C. The van der Waals surface area contributed by atoms with Crippen molar-refractivity contribution in [2.45, 2.75) is 52.5 Å². The molecule has 2 nitrogen and oxygen atoms in total. The Hall–Kier alpha value is -0.0800. The first-order chi connectivity index (χ1) is 6.68. The molecule has 0 rings (SSSR count). The van der Waals surface area contributed by atoms with E-state index in [0.29, 0.717) is 6.04 Å². The molecule has 0 aliphatic carbocycles. The molecule has 0 saturated heterocycles. The van der Waals surface area contributed by atoms with Gasteiger partial charge in [-0.25, -0.2) is 0 Å². The fraction of sp³-hybridized carbons (Fsp3) is 1.00. The van der Waals surface area contributed by atoms with Crippen LogP contribution in [0.5, 0.6) is 0 Å². The summed E-state index contributed by atoms with van der Waals surface area (Å²) in [7, 11) is 2.21. The first-order valence-corrected chi connectivity index (χ1v) is 6.09. The summed E-state index contributed by atoms with van der Waals surface area (Å²) in [6.07, 6.45) is 5.43. The summed E-state index contributed by atoms with van der Waals surface area (Å²) in [5, 5.41) is 3.36. The molecule has 0 unspecified atom stereocenters. The van der Waals surface area contributed by atoms with Crippen molar-refractivity contribution in [3.8, 4) is 0 Å². The lowest BCUT2D eigenvalue weighted by Crippen LogP contribution is -2.27. The Bertz CT molecular complexity index is 113. The molecule has 0 saturated carbocycles. The van der Waals surface area contributed by atoms with Crippen molar-refractivity contribution in [3.05, 3.63) is 0 Å². The molecule has 0 aromatic heterocycles. The number of nitrogens with one attached hydrogen (secondary N) is 1. The minimum absolute atomic E-state index is 0.691. The van der Waals surface area contributed by atoms with Gasteiger partial charge in [0, 0.05) is 6.04 Å². The van der Waals surface area contributed by atoms with Crippen molar-refractivity contribution >= 4 is 0 Å². The Morgan fingerprint density at radius 3 is 2.29 bits per heavy atom. The van der Waals surface area contributed by atoms with Crippen molar-refractivity contribution < 1.29 is 0 Å². The Kier molecular flexibility index (Phi) is 9.42. The molecule has 2 heteroatoms. The van der Waals surface area contributed by atoms with E-state index in [1.807, 2.05) is 0 Å². The fourth-order valence-electron chi connectivity index (χ4n) is 1.40. The molecule has 1 N–H and O–H groups in total. The Morgan fingerprint density at radius 2 is 1.71 bits per heavy atom. The minimum Gasteiger partial charge on any atom is -0.317 e. The predicted molar refractivity (Wildman–Crippen MR) is 64.8 cm³/mol. The van der Waals surface area contributed by atoms with Gasteiger partial charge in [0.05, 0.1) is 0 Å². The molecule has 0 aliphatic heterocycles. The average molecular weight is 200 g/mol. The van der Waals surface area contributed by atoms with E-state index in [9.17, 15) is 0 Å². The molecular formula is C12H28N2. The van der Waals surface area contributed by atoms with E-state index in [2.05, 4.69) is 38.0 Å². The molecule has 0 atom stereocenters. The molecule has 0 aromatic rings. The van der Waals surface area contributed by atoms with Gasteiger partial charge in [-0.3, -0.25) is 0 Å². The van der Waals surface area contributed by atoms with Crippen LogP contribution in [0.25, 0.3) is 0 Å². The van der Waals surface area contributed by atoms with Gasteiger partial charge < -0.3 is 10.2 Å². The van der Waals surface area contributed by atoms with Crippen LogP contribution in [0.1, 0.15) is 46.5 Å². The lowest BCUT2D eigenvalue weighted by Gasteiger charge is -2.20. The van der Waals surface area contributed by atoms with Crippen LogP contribution in [-0.2, 0) is 0 Å².